The minimum absolute atomic E-state index is 0.272. The number of aliphatic hydroxyl groups is 1. The standard InChI is InChI=1S/C11H18N4O3/c1-14-9(12)8(11(17)18-2)10(13-14)15-5-3-4-7(16)6-15/h7,16H,3-6,12H2,1-2H3. The molecule has 7 heteroatoms. The van der Waals surface area contributed by atoms with Crippen LogP contribution < -0.4 is 10.6 Å². The fourth-order valence-corrected chi connectivity index (χ4v) is 2.19. The van der Waals surface area contributed by atoms with Crippen molar-refractivity contribution in [1.82, 2.24) is 9.78 Å². The van der Waals surface area contributed by atoms with Crippen LogP contribution in [0, 0.1) is 0 Å². The van der Waals surface area contributed by atoms with Crippen LogP contribution in [-0.2, 0) is 11.8 Å². The van der Waals surface area contributed by atoms with Crippen LogP contribution in [0.3, 0.4) is 0 Å². The highest BCUT2D eigenvalue weighted by atomic mass is 16.5. The number of aromatic nitrogens is 2. The largest absolute Gasteiger partial charge is 0.465 e. The molecular formula is C11H18N4O3. The molecule has 1 aromatic rings. The van der Waals surface area contributed by atoms with E-state index in [-0.39, 0.29) is 11.4 Å². The van der Waals surface area contributed by atoms with Crippen molar-refractivity contribution in [3.05, 3.63) is 5.56 Å². The van der Waals surface area contributed by atoms with Crippen molar-refractivity contribution < 1.29 is 14.6 Å². The Balaban J connectivity index is 2.37. The van der Waals surface area contributed by atoms with Crippen molar-refractivity contribution in [2.75, 3.05) is 30.8 Å². The van der Waals surface area contributed by atoms with Crippen molar-refractivity contribution in [3.63, 3.8) is 0 Å². The molecular weight excluding hydrogens is 236 g/mol. The SMILES string of the molecule is COC(=O)c1c(N2CCCC(O)C2)nn(C)c1N. The summed E-state index contributed by atoms with van der Waals surface area (Å²) < 4.78 is 6.17. The lowest BCUT2D eigenvalue weighted by Crippen LogP contribution is -2.39. The van der Waals surface area contributed by atoms with E-state index in [4.69, 9.17) is 10.5 Å². The normalized spacial score (nSPS) is 19.9. The number of nitrogen functional groups attached to an aromatic ring is 1. The number of piperidine rings is 1. The minimum atomic E-state index is -0.504. The average Bonchev–Trinajstić information content (AvgIpc) is 2.65. The zero-order chi connectivity index (χ0) is 13.3. The fourth-order valence-electron chi connectivity index (χ4n) is 2.19. The summed E-state index contributed by atoms with van der Waals surface area (Å²) in [7, 11) is 2.98. The van der Waals surface area contributed by atoms with Crippen LogP contribution in [-0.4, -0.2) is 47.2 Å². The highest BCUT2D eigenvalue weighted by Crippen LogP contribution is 2.27. The number of nitrogens with zero attached hydrogens (tertiary/aromatic N) is 3. The van der Waals surface area contributed by atoms with Crippen molar-refractivity contribution in [2.45, 2.75) is 18.9 Å². The van der Waals surface area contributed by atoms with Gasteiger partial charge in [-0.05, 0) is 12.8 Å². The van der Waals surface area contributed by atoms with Gasteiger partial charge in [-0.15, -0.1) is 0 Å². The lowest BCUT2D eigenvalue weighted by atomic mass is 10.1. The van der Waals surface area contributed by atoms with Crippen LogP contribution in [0.5, 0.6) is 0 Å². The van der Waals surface area contributed by atoms with Crippen LogP contribution in [0.15, 0.2) is 0 Å². The van der Waals surface area contributed by atoms with Crippen LogP contribution in [0.1, 0.15) is 23.2 Å². The second-order valence-corrected chi connectivity index (χ2v) is 4.44. The molecule has 0 radical (unpaired) electrons. The number of aliphatic hydroxyl groups excluding tert-OH is 1. The predicted octanol–water partition coefficient (Wildman–Crippen LogP) is -0.250. The number of esters is 1. The van der Waals surface area contributed by atoms with Gasteiger partial charge in [-0.25, -0.2) is 4.79 Å². The maximum absolute atomic E-state index is 11.7. The first-order valence-corrected chi connectivity index (χ1v) is 5.88. The van der Waals surface area contributed by atoms with E-state index in [1.807, 2.05) is 4.90 Å². The number of carbonyl (C=O) groups is 1. The van der Waals surface area contributed by atoms with Gasteiger partial charge in [0.1, 0.15) is 11.4 Å². The van der Waals surface area contributed by atoms with E-state index < -0.39 is 12.1 Å². The smallest absolute Gasteiger partial charge is 0.345 e. The number of nitrogens with two attached hydrogens (primary N) is 1. The Morgan fingerprint density at radius 1 is 1.61 bits per heavy atom. The number of hydrogen-bond acceptors (Lipinski definition) is 6. The first-order valence-electron chi connectivity index (χ1n) is 5.88. The molecule has 0 aromatic carbocycles. The van der Waals surface area contributed by atoms with Gasteiger partial charge in [0.25, 0.3) is 0 Å². The van der Waals surface area contributed by atoms with Gasteiger partial charge in [-0.3, -0.25) is 4.68 Å². The summed E-state index contributed by atoms with van der Waals surface area (Å²) in [5.41, 5.74) is 6.10. The van der Waals surface area contributed by atoms with Crippen LogP contribution in [0.2, 0.25) is 0 Å². The molecule has 0 spiro atoms. The number of β-amino-alcohol motifs (C(OH)–C–C–N with tert-alkyl or cyclic N) is 1. The molecule has 7 nitrogen and oxygen atoms in total. The van der Waals surface area contributed by atoms with Crippen molar-refractivity contribution in [3.8, 4) is 0 Å². The quantitative estimate of drug-likeness (QED) is 0.707. The highest BCUT2D eigenvalue weighted by molar-refractivity contribution is 5.99. The van der Waals surface area contributed by atoms with Gasteiger partial charge in [0.15, 0.2) is 5.82 Å². The third kappa shape index (κ3) is 2.13. The molecule has 1 saturated heterocycles. The van der Waals surface area contributed by atoms with E-state index in [0.717, 1.165) is 19.4 Å². The Hall–Kier alpha value is -1.76. The van der Waals surface area contributed by atoms with Crippen molar-refractivity contribution >= 4 is 17.6 Å². The van der Waals surface area contributed by atoms with Gasteiger partial charge in [-0.2, -0.15) is 5.10 Å². The van der Waals surface area contributed by atoms with Crippen molar-refractivity contribution in [2.24, 2.45) is 7.05 Å². The van der Waals surface area contributed by atoms with E-state index in [1.54, 1.807) is 7.05 Å². The zero-order valence-corrected chi connectivity index (χ0v) is 10.6. The molecule has 1 aliphatic rings. The third-order valence-corrected chi connectivity index (χ3v) is 3.16. The Bertz CT molecular complexity index is 457. The number of methoxy groups -OCH3 is 1. The first kappa shape index (κ1) is 12.7. The van der Waals surface area contributed by atoms with Crippen molar-refractivity contribution in [1.29, 1.82) is 0 Å². The summed E-state index contributed by atoms with van der Waals surface area (Å²) in [6.45, 7) is 1.21. The maximum atomic E-state index is 11.7. The average molecular weight is 254 g/mol. The van der Waals surface area contributed by atoms with E-state index in [2.05, 4.69) is 5.10 Å². The molecule has 2 heterocycles. The number of hydrogen-bond donors (Lipinski definition) is 2. The van der Waals surface area contributed by atoms with Gasteiger partial charge >= 0.3 is 5.97 Å². The minimum Gasteiger partial charge on any atom is -0.465 e. The molecule has 0 aliphatic carbocycles. The molecule has 0 bridgehead atoms. The Morgan fingerprint density at radius 2 is 2.33 bits per heavy atom. The summed E-state index contributed by atoms with van der Waals surface area (Å²) in [5.74, 6) is 0.258. The van der Waals surface area contributed by atoms with E-state index in [1.165, 1.54) is 11.8 Å². The van der Waals surface area contributed by atoms with E-state index in [9.17, 15) is 9.90 Å². The van der Waals surface area contributed by atoms with E-state index >= 15 is 0 Å². The monoisotopic (exact) mass is 254 g/mol. The summed E-state index contributed by atoms with van der Waals surface area (Å²) in [6, 6.07) is 0. The topological polar surface area (TPSA) is 93.6 Å². The molecule has 100 valence electrons. The molecule has 3 N–H and O–H groups in total. The van der Waals surface area contributed by atoms with E-state index in [0.29, 0.717) is 12.4 Å². The molecule has 1 aliphatic heterocycles. The number of rotatable bonds is 2. The third-order valence-electron chi connectivity index (χ3n) is 3.16. The molecule has 1 aromatic heterocycles. The lowest BCUT2D eigenvalue weighted by molar-refractivity contribution is 0.0602. The Kier molecular flexibility index (Phi) is 3.42. The summed E-state index contributed by atoms with van der Waals surface area (Å²) in [6.07, 6.45) is 1.23. The second kappa shape index (κ2) is 4.85. The second-order valence-electron chi connectivity index (χ2n) is 4.44. The Labute approximate surface area is 105 Å². The van der Waals surface area contributed by atoms with Crippen LogP contribution >= 0.6 is 0 Å². The van der Waals surface area contributed by atoms with Gasteiger partial charge in [0.05, 0.1) is 13.2 Å². The highest BCUT2D eigenvalue weighted by Gasteiger charge is 2.28. The summed E-state index contributed by atoms with van der Waals surface area (Å²) >= 11 is 0. The molecule has 2 rings (SSSR count). The first-order chi connectivity index (χ1) is 8.54. The van der Waals surface area contributed by atoms with Crippen LogP contribution in [0.25, 0.3) is 0 Å². The molecule has 1 fully saturated rings. The number of aryl methyl sites for hydroxylation is 1. The summed E-state index contributed by atoms with van der Waals surface area (Å²) in [4.78, 5) is 13.6. The molecule has 18 heavy (non-hydrogen) atoms. The number of carbonyl (C=O) groups excluding carboxylic acids is 1. The number of ether oxygens (including phenoxy) is 1. The zero-order valence-electron chi connectivity index (χ0n) is 10.6. The summed E-state index contributed by atoms with van der Waals surface area (Å²) in [5, 5.41) is 13.9. The van der Waals surface area contributed by atoms with Gasteiger partial charge < -0.3 is 20.5 Å². The molecule has 1 unspecified atom stereocenters. The van der Waals surface area contributed by atoms with Gasteiger partial charge in [-0.1, -0.05) is 0 Å². The van der Waals surface area contributed by atoms with Gasteiger partial charge in [0, 0.05) is 20.1 Å². The molecule has 0 saturated carbocycles. The lowest BCUT2D eigenvalue weighted by Gasteiger charge is -2.30. The predicted molar refractivity (Wildman–Crippen MR) is 66.4 cm³/mol. The van der Waals surface area contributed by atoms with Crippen LogP contribution in [0.4, 0.5) is 11.6 Å². The Morgan fingerprint density at radius 3 is 2.94 bits per heavy atom. The maximum Gasteiger partial charge on any atom is 0.345 e. The van der Waals surface area contributed by atoms with Gasteiger partial charge in [0.2, 0.25) is 0 Å². The fraction of sp³-hybridized carbons (Fsp3) is 0.636. The number of anilines is 2. The molecule has 0 amide bonds. The molecule has 1 atom stereocenters.